The highest BCUT2D eigenvalue weighted by Gasteiger charge is 2.33. The summed E-state index contributed by atoms with van der Waals surface area (Å²) in [5.74, 6) is 1.84. The summed E-state index contributed by atoms with van der Waals surface area (Å²) >= 11 is 0. The summed E-state index contributed by atoms with van der Waals surface area (Å²) in [7, 11) is 1.84. The molecule has 2 aliphatic rings. The number of ether oxygens (including phenoxy) is 1. The van der Waals surface area contributed by atoms with Crippen LogP contribution in [-0.2, 0) is 4.79 Å². The number of benzene rings is 1. The molecule has 2 N–H and O–H groups in total. The molecule has 1 aliphatic heterocycles. The molecule has 132 valence electrons. The monoisotopic (exact) mass is 348 g/mol. The Morgan fingerprint density at radius 1 is 1.23 bits per heavy atom. The fourth-order valence-corrected chi connectivity index (χ4v) is 3.22. The fraction of sp³-hybridized carbons (Fsp3) is 0.250. The van der Waals surface area contributed by atoms with Crippen LogP contribution >= 0.6 is 0 Å². The van der Waals surface area contributed by atoms with Gasteiger partial charge in [0.2, 0.25) is 0 Å². The lowest BCUT2D eigenvalue weighted by Crippen LogP contribution is -2.43. The van der Waals surface area contributed by atoms with E-state index in [-0.39, 0.29) is 11.9 Å². The van der Waals surface area contributed by atoms with Crippen LogP contribution in [-0.4, -0.2) is 29.0 Å². The predicted molar refractivity (Wildman–Crippen MR) is 99.7 cm³/mol. The van der Waals surface area contributed by atoms with E-state index < -0.39 is 0 Å². The van der Waals surface area contributed by atoms with E-state index >= 15 is 0 Å². The Hall–Kier alpha value is -3.15. The lowest BCUT2D eigenvalue weighted by molar-refractivity contribution is -0.118. The van der Waals surface area contributed by atoms with Gasteiger partial charge in [0, 0.05) is 41.9 Å². The van der Waals surface area contributed by atoms with Gasteiger partial charge in [-0.05, 0) is 31.1 Å². The van der Waals surface area contributed by atoms with Gasteiger partial charge in [-0.2, -0.15) is 0 Å². The lowest BCUT2D eigenvalue weighted by atomic mass is 9.78. The molecular formula is C20H20N4O2. The highest BCUT2D eigenvalue weighted by molar-refractivity contribution is 6.01. The van der Waals surface area contributed by atoms with Gasteiger partial charge in [-0.25, -0.2) is 9.97 Å². The highest BCUT2D eigenvalue weighted by atomic mass is 16.5. The van der Waals surface area contributed by atoms with Crippen molar-refractivity contribution in [2.75, 3.05) is 12.4 Å². The minimum atomic E-state index is -0.0800. The van der Waals surface area contributed by atoms with Gasteiger partial charge in [0.1, 0.15) is 17.9 Å². The van der Waals surface area contributed by atoms with Gasteiger partial charge in [-0.15, -0.1) is 0 Å². The molecule has 0 radical (unpaired) electrons. The maximum atomic E-state index is 12.6. The summed E-state index contributed by atoms with van der Waals surface area (Å²) in [6.07, 6.45) is 8.46. The quantitative estimate of drug-likeness (QED) is 0.888. The van der Waals surface area contributed by atoms with Crippen LogP contribution in [0.3, 0.4) is 0 Å². The van der Waals surface area contributed by atoms with Crippen molar-refractivity contribution in [3.8, 4) is 5.75 Å². The summed E-state index contributed by atoms with van der Waals surface area (Å²) < 4.78 is 5.54. The molecule has 0 atom stereocenters. The van der Waals surface area contributed by atoms with E-state index in [0.29, 0.717) is 11.5 Å². The second kappa shape index (κ2) is 7.00. The number of hydrogen-bond acceptors (Lipinski definition) is 5. The Labute approximate surface area is 152 Å². The molecule has 1 saturated carbocycles. The Morgan fingerprint density at radius 2 is 2.08 bits per heavy atom. The molecule has 1 aliphatic carbocycles. The maximum Gasteiger partial charge on any atom is 0.251 e. The van der Waals surface area contributed by atoms with Crippen LogP contribution in [0.25, 0.3) is 6.08 Å². The second-order valence-corrected chi connectivity index (χ2v) is 6.47. The second-order valence-electron chi connectivity index (χ2n) is 6.47. The number of carbonyl (C=O) groups excluding carboxylic acids is 1. The molecule has 1 fully saturated rings. The van der Waals surface area contributed by atoms with Crippen molar-refractivity contribution in [3.63, 3.8) is 0 Å². The average molecular weight is 348 g/mol. The lowest BCUT2D eigenvalue weighted by Gasteiger charge is -2.35. The number of para-hydroxylation sites is 1. The van der Waals surface area contributed by atoms with Gasteiger partial charge in [-0.1, -0.05) is 18.2 Å². The van der Waals surface area contributed by atoms with Gasteiger partial charge in [0.05, 0.1) is 6.26 Å². The van der Waals surface area contributed by atoms with Crippen LogP contribution in [0.5, 0.6) is 5.75 Å². The topological polar surface area (TPSA) is 76.1 Å². The van der Waals surface area contributed by atoms with Crippen LogP contribution < -0.4 is 15.4 Å². The summed E-state index contributed by atoms with van der Waals surface area (Å²) in [6, 6.07) is 9.78. The van der Waals surface area contributed by atoms with Crippen LogP contribution in [0.2, 0.25) is 0 Å². The van der Waals surface area contributed by atoms with Gasteiger partial charge in [-0.3, -0.25) is 4.79 Å². The number of nitrogens with one attached hydrogen (secondary N) is 2. The molecular weight excluding hydrogens is 328 g/mol. The first-order valence-electron chi connectivity index (χ1n) is 8.67. The van der Waals surface area contributed by atoms with E-state index in [1.807, 2.05) is 43.5 Å². The summed E-state index contributed by atoms with van der Waals surface area (Å²) in [5, 5.41) is 6.12. The van der Waals surface area contributed by atoms with Gasteiger partial charge >= 0.3 is 0 Å². The Morgan fingerprint density at radius 3 is 2.92 bits per heavy atom. The average Bonchev–Trinajstić information content (AvgIpc) is 2.86. The van der Waals surface area contributed by atoms with Gasteiger partial charge < -0.3 is 15.4 Å². The molecule has 4 rings (SSSR count). The van der Waals surface area contributed by atoms with E-state index in [4.69, 9.17) is 4.74 Å². The third kappa shape index (κ3) is 3.31. The molecule has 2 aromatic rings. The standard InChI is InChI=1S/C20H20N4O2/c1-21-19-11-17(22-12-23-19)15-9-16(10-15)24-20(25)14-6-7-26-18-5-3-2-4-13(18)8-14/h2-8,11-12,15-16H,9-10H2,1H3,(H,24,25)(H,21,22,23). The summed E-state index contributed by atoms with van der Waals surface area (Å²) in [4.78, 5) is 21.1. The van der Waals surface area contributed by atoms with Crippen LogP contribution in [0.15, 0.2) is 54.6 Å². The molecule has 26 heavy (non-hydrogen) atoms. The van der Waals surface area contributed by atoms with Crippen molar-refractivity contribution in [2.45, 2.75) is 24.8 Å². The van der Waals surface area contributed by atoms with E-state index in [2.05, 4.69) is 20.6 Å². The fourth-order valence-electron chi connectivity index (χ4n) is 3.22. The number of rotatable bonds is 4. The normalized spacial score (nSPS) is 20.7. The van der Waals surface area contributed by atoms with E-state index in [1.165, 1.54) is 0 Å². The van der Waals surface area contributed by atoms with E-state index in [0.717, 1.165) is 35.7 Å². The molecule has 1 amide bonds. The molecule has 1 aromatic heterocycles. The third-order valence-corrected chi connectivity index (χ3v) is 4.77. The number of nitrogens with zero attached hydrogens (tertiary/aromatic N) is 2. The van der Waals surface area contributed by atoms with Crippen molar-refractivity contribution in [1.29, 1.82) is 0 Å². The smallest absolute Gasteiger partial charge is 0.251 e. The molecule has 1 aromatic carbocycles. The van der Waals surface area contributed by atoms with Crippen molar-refractivity contribution in [3.05, 3.63) is 65.8 Å². The number of anilines is 1. The zero-order chi connectivity index (χ0) is 17.9. The molecule has 2 heterocycles. The third-order valence-electron chi connectivity index (χ3n) is 4.77. The highest BCUT2D eigenvalue weighted by Crippen LogP contribution is 2.36. The Kier molecular flexibility index (Phi) is 4.39. The van der Waals surface area contributed by atoms with E-state index in [9.17, 15) is 4.79 Å². The molecule has 6 heteroatoms. The Bertz CT molecular complexity index is 885. The minimum Gasteiger partial charge on any atom is -0.464 e. The first kappa shape index (κ1) is 16.3. The van der Waals surface area contributed by atoms with E-state index in [1.54, 1.807) is 18.7 Å². The zero-order valence-electron chi connectivity index (χ0n) is 14.5. The minimum absolute atomic E-state index is 0.0800. The number of carbonyl (C=O) groups is 1. The first-order chi connectivity index (χ1) is 12.7. The molecule has 0 unspecified atom stereocenters. The number of hydrogen-bond donors (Lipinski definition) is 2. The van der Waals surface area contributed by atoms with Crippen LogP contribution in [0.4, 0.5) is 5.82 Å². The van der Waals surface area contributed by atoms with Gasteiger partial charge in [0.25, 0.3) is 5.91 Å². The van der Waals surface area contributed by atoms with Crippen molar-refractivity contribution in [1.82, 2.24) is 15.3 Å². The molecule has 6 nitrogen and oxygen atoms in total. The summed E-state index contributed by atoms with van der Waals surface area (Å²) in [5.41, 5.74) is 2.51. The molecule has 0 bridgehead atoms. The van der Waals surface area contributed by atoms with Crippen LogP contribution in [0, 0.1) is 0 Å². The summed E-state index contributed by atoms with van der Waals surface area (Å²) in [6.45, 7) is 0. The largest absolute Gasteiger partial charge is 0.464 e. The SMILES string of the molecule is CNc1cc(C2CC(NC(=O)C3=Cc4ccccc4OC=C3)C2)ncn1. The Balaban J connectivity index is 1.38. The van der Waals surface area contributed by atoms with Crippen LogP contribution in [0.1, 0.15) is 30.0 Å². The van der Waals surface area contributed by atoms with Crippen molar-refractivity contribution >= 4 is 17.8 Å². The number of aromatic nitrogens is 2. The zero-order valence-corrected chi connectivity index (χ0v) is 14.5. The number of amides is 1. The predicted octanol–water partition coefficient (Wildman–Crippen LogP) is 2.87. The maximum absolute atomic E-state index is 12.6. The number of fused-ring (bicyclic) bond motifs is 1. The van der Waals surface area contributed by atoms with Gasteiger partial charge in [0.15, 0.2) is 0 Å². The first-order valence-corrected chi connectivity index (χ1v) is 8.67. The molecule has 0 spiro atoms. The molecule has 0 saturated heterocycles. The van der Waals surface area contributed by atoms with Crippen molar-refractivity contribution in [2.24, 2.45) is 0 Å². The van der Waals surface area contributed by atoms with Crippen molar-refractivity contribution < 1.29 is 9.53 Å².